The second-order valence-electron chi connectivity index (χ2n) is 2.56. The maximum Gasteiger partial charge on any atom is 0.213 e. The Morgan fingerprint density at radius 1 is 1.50 bits per heavy atom. The molecule has 0 amide bonds. The Balaban J connectivity index is 2.54. The molecular weight excluding hydrogens is 159 g/mol. The van der Waals surface area contributed by atoms with Crippen molar-refractivity contribution in [3.63, 3.8) is 0 Å². The van der Waals surface area contributed by atoms with Gasteiger partial charge in [-0.3, -0.25) is 0 Å². The number of hydrogen-bond donors (Lipinski definition) is 1. The van der Waals surface area contributed by atoms with Crippen LogP contribution in [0.25, 0.3) is 0 Å². The van der Waals surface area contributed by atoms with E-state index in [4.69, 9.17) is 10.1 Å². The zero-order valence-electron chi connectivity index (χ0n) is 6.30. The first-order chi connectivity index (χ1) is 5.77. The molecule has 1 aromatic rings. The summed E-state index contributed by atoms with van der Waals surface area (Å²) in [5.74, 6) is -0.0587. The fourth-order valence-corrected chi connectivity index (χ4v) is 1.14. The van der Waals surface area contributed by atoms with Gasteiger partial charge in [0.2, 0.25) is 5.95 Å². The van der Waals surface area contributed by atoms with Crippen molar-refractivity contribution in [3.05, 3.63) is 23.8 Å². The highest BCUT2D eigenvalue weighted by Gasteiger charge is 2.16. The first kappa shape index (κ1) is 7.21. The highest BCUT2D eigenvalue weighted by molar-refractivity contribution is 5.99. The average molecular weight is 166 g/mol. The van der Waals surface area contributed by atoms with Crippen molar-refractivity contribution in [2.45, 2.75) is 6.42 Å². The van der Waals surface area contributed by atoms with Gasteiger partial charge < -0.3 is 10.1 Å². The van der Waals surface area contributed by atoms with Crippen LogP contribution in [0.5, 0.6) is 5.75 Å². The van der Waals surface area contributed by atoms with Crippen LogP contribution in [0.4, 0.5) is 4.39 Å². The minimum Gasteiger partial charge on any atom is -0.491 e. The molecule has 2 heterocycles. The Labute approximate surface area is 68.7 Å². The molecule has 0 aliphatic carbocycles. The SMILES string of the molecule is N=C1CCOc2ccc(F)nc21. The van der Waals surface area contributed by atoms with Crippen molar-refractivity contribution in [2.75, 3.05) is 6.61 Å². The van der Waals surface area contributed by atoms with Gasteiger partial charge in [-0.1, -0.05) is 0 Å². The van der Waals surface area contributed by atoms with E-state index >= 15 is 0 Å². The molecule has 1 aliphatic rings. The van der Waals surface area contributed by atoms with Gasteiger partial charge in [0.05, 0.1) is 12.3 Å². The van der Waals surface area contributed by atoms with E-state index in [1.807, 2.05) is 0 Å². The van der Waals surface area contributed by atoms with E-state index in [0.717, 1.165) is 0 Å². The number of pyridine rings is 1. The second kappa shape index (κ2) is 2.55. The lowest BCUT2D eigenvalue weighted by Gasteiger charge is -2.16. The van der Waals surface area contributed by atoms with Gasteiger partial charge in [-0.05, 0) is 12.1 Å². The van der Waals surface area contributed by atoms with Crippen molar-refractivity contribution in [3.8, 4) is 5.75 Å². The van der Waals surface area contributed by atoms with Gasteiger partial charge in [0, 0.05) is 6.42 Å². The van der Waals surface area contributed by atoms with E-state index in [-0.39, 0.29) is 0 Å². The van der Waals surface area contributed by atoms with Crippen LogP contribution in [-0.2, 0) is 0 Å². The molecule has 2 rings (SSSR count). The smallest absolute Gasteiger partial charge is 0.213 e. The number of rotatable bonds is 0. The molecule has 0 aromatic carbocycles. The Hall–Kier alpha value is -1.45. The van der Waals surface area contributed by atoms with Crippen LogP contribution in [0.1, 0.15) is 12.1 Å². The van der Waals surface area contributed by atoms with E-state index in [1.165, 1.54) is 12.1 Å². The summed E-state index contributed by atoms with van der Waals surface area (Å²) in [6.07, 6.45) is 0.503. The molecule has 1 aliphatic heterocycles. The Kier molecular flexibility index (Phi) is 1.53. The predicted molar refractivity (Wildman–Crippen MR) is 41.1 cm³/mol. The molecule has 0 spiro atoms. The molecule has 12 heavy (non-hydrogen) atoms. The summed E-state index contributed by atoms with van der Waals surface area (Å²) >= 11 is 0. The number of nitrogens with one attached hydrogen (secondary N) is 1. The minimum atomic E-state index is -0.566. The van der Waals surface area contributed by atoms with Gasteiger partial charge in [-0.2, -0.15) is 4.39 Å². The Morgan fingerprint density at radius 2 is 2.33 bits per heavy atom. The summed E-state index contributed by atoms with van der Waals surface area (Å²) in [5.41, 5.74) is 0.678. The highest BCUT2D eigenvalue weighted by Crippen LogP contribution is 2.22. The van der Waals surface area contributed by atoms with Gasteiger partial charge in [-0.25, -0.2) is 4.98 Å². The molecule has 4 heteroatoms. The number of halogens is 1. The highest BCUT2D eigenvalue weighted by atomic mass is 19.1. The monoisotopic (exact) mass is 166 g/mol. The molecule has 1 N–H and O–H groups in total. The summed E-state index contributed by atoms with van der Waals surface area (Å²) in [6, 6.07) is 2.74. The van der Waals surface area contributed by atoms with Crippen LogP contribution in [0, 0.1) is 11.4 Å². The molecular formula is C8H7FN2O. The van der Waals surface area contributed by atoms with Crippen LogP contribution in [0.15, 0.2) is 12.1 Å². The molecule has 62 valence electrons. The Morgan fingerprint density at radius 3 is 3.17 bits per heavy atom. The van der Waals surface area contributed by atoms with Crippen molar-refractivity contribution in [2.24, 2.45) is 0 Å². The zero-order chi connectivity index (χ0) is 8.55. The van der Waals surface area contributed by atoms with Gasteiger partial charge in [0.15, 0.2) is 0 Å². The van der Waals surface area contributed by atoms with Crippen LogP contribution >= 0.6 is 0 Å². The molecule has 0 atom stereocenters. The number of ether oxygens (including phenoxy) is 1. The van der Waals surface area contributed by atoms with E-state index < -0.39 is 5.95 Å². The standard InChI is InChI=1S/C8H7FN2O/c9-7-2-1-6-8(11-7)5(10)3-4-12-6/h1-2,10H,3-4H2. The first-order valence-electron chi connectivity index (χ1n) is 3.64. The minimum absolute atomic E-state index is 0.334. The molecule has 3 nitrogen and oxygen atoms in total. The van der Waals surface area contributed by atoms with E-state index in [9.17, 15) is 4.39 Å². The van der Waals surface area contributed by atoms with E-state index in [1.54, 1.807) is 0 Å². The van der Waals surface area contributed by atoms with Crippen molar-refractivity contribution in [1.29, 1.82) is 5.41 Å². The quantitative estimate of drug-likeness (QED) is 0.591. The molecule has 0 unspecified atom stereocenters. The predicted octanol–water partition coefficient (Wildman–Crippen LogP) is 1.37. The molecule has 0 radical (unpaired) electrons. The van der Waals surface area contributed by atoms with E-state index in [2.05, 4.69) is 4.98 Å². The van der Waals surface area contributed by atoms with Crippen LogP contribution in [-0.4, -0.2) is 17.3 Å². The number of aromatic nitrogens is 1. The molecule has 0 saturated carbocycles. The maximum atomic E-state index is 12.6. The number of nitrogens with zero attached hydrogens (tertiary/aromatic N) is 1. The average Bonchev–Trinajstić information content (AvgIpc) is 2.07. The van der Waals surface area contributed by atoms with Crippen molar-refractivity contribution >= 4 is 5.71 Å². The summed E-state index contributed by atoms with van der Waals surface area (Å²) in [6.45, 7) is 0.485. The van der Waals surface area contributed by atoms with Crippen LogP contribution in [0.3, 0.4) is 0 Å². The second-order valence-corrected chi connectivity index (χ2v) is 2.56. The molecule has 1 aromatic heterocycles. The van der Waals surface area contributed by atoms with Gasteiger partial charge in [0.25, 0.3) is 0 Å². The third-order valence-corrected chi connectivity index (χ3v) is 1.72. The maximum absolute atomic E-state index is 12.6. The van der Waals surface area contributed by atoms with E-state index in [0.29, 0.717) is 30.2 Å². The Bertz CT molecular complexity index is 338. The molecule has 0 fully saturated rings. The summed E-state index contributed by atoms with van der Waals surface area (Å²) < 4.78 is 17.8. The number of fused-ring (bicyclic) bond motifs is 1. The first-order valence-corrected chi connectivity index (χ1v) is 3.64. The lowest BCUT2D eigenvalue weighted by molar-refractivity contribution is 0.316. The lowest BCUT2D eigenvalue weighted by atomic mass is 10.1. The summed E-state index contributed by atoms with van der Waals surface area (Å²) in [4.78, 5) is 3.58. The zero-order valence-corrected chi connectivity index (χ0v) is 6.30. The third-order valence-electron chi connectivity index (χ3n) is 1.72. The largest absolute Gasteiger partial charge is 0.491 e. The summed E-state index contributed by atoms with van der Waals surface area (Å²) in [5, 5.41) is 7.46. The molecule has 0 bridgehead atoms. The normalized spacial score (nSPS) is 15.2. The van der Waals surface area contributed by atoms with Gasteiger partial charge in [0.1, 0.15) is 11.4 Å². The third kappa shape index (κ3) is 1.05. The van der Waals surface area contributed by atoms with Crippen molar-refractivity contribution in [1.82, 2.24) is 4.98 Å². The fourth-order valence-electron chi connectivity index (χ4n) is 1.14. The van der Waals surface area contributed by atoms with Crippen LogP contribution < -0.4 is 4.74 Å². The van der Waals surface area contributed by atoms with Gasteiger partial charge >= 0.3 is 0 Å². The van der Waals surface area contributed by atoms with Crippen LogP contribution in [0.2, 0.25) is 0 Å². The number of hydrogen-bond acceptors (Lipinski definition) is 3. The molecule has 0 saturated heterocycles. The van der Waals surface area contributed by atoms with Gasteiger partial charge in [-0.15, -0.1) is 0 Å². The topological polar surface area (TPSA) is 46.0 Å². The summed E-state index contributed by atoms with van der Waals surface area (Å²) in [7, 11) is 0. The fraction of sp³-hybridized carbons (Fsp3) is 0.250. The lowest BCUT2D eigenvalue weighted by Crippen LogP contribution is -2.17. The van der Waals surface area contributed by atoms with Crippen molar-refractivity contribution < 1.29 is 9.13 Å².